The Kier molecular flexibility index (Phi) is 4.86. The lowest BCUT2D eigenvalue weighted by atomic mass is 10.1. The summed E-state index contributed by atoms with van der Waals surface area (Å²) in [7, 11) is 0. The van der Waals surface area contributed by atoms with E-state index in [0.717, 1.165) is 12.6 Å². The van der Waals surface area contributed by atoms with Gasteiger partial charge in [0.1, 0.15) is 0 Å². The van der Waals surface area contributed by atoms with Gasteiger partial charge in [-0.2, -0.15) is 0 Å². The molecule has 0 atom stereocenters. The van der Waals surface area contributed by atoms with Crippen molar-refractivity contribution in [2.24, 2.45) is 0 Å². The van der Waals surface area contributed by atoms with Crippen molar-refractivity contribution in [3.63, 3.8) is 0 Å². The summed E-state index contributed by atoms with van der Waals surface area (Å²) in [5.74, 6) is 0. The molecule has 1 saturated carbocycles. The van der Waals surface area contributed by atoms with Crippen LogP contribution in [0.5, 0.6) is 0 Å². The van der Waals surface area contributed by atoms with Gasteiger partial charge in [-0.25, -0.2) is 0 Å². The highest BCUT2D eigenvalue weighted by atomic mass is 79.9. The number of halogens is 1. The molecule has 1 aliphatic rings. The molecule has 0 amide bonds. The van der Waals surface area contributed by atoms with Crippen LogP contribution in [0.3, 0.4) is 0 Å². The predicted molar refractivity (Wildman–Crippen MR) is 72.5 cm³/mol. The van der Waals surface area contributed by atoms with Gasteiger partial charge in [-0.15, -0.1) is 0 Å². The summed E-state index contributed by atoms with van der Waals surface area (Å²) in [5, 5.41) is 3.69. The standard InChI is InChI=1S/C14H20BrN/c15-14-10-6-5-7-12(14)11-16-13-8-3-1-2-4-9-13/h5-7,10,13,16H,1-4,8-9,11H2. The minimum absolute atomic E-state index is 0.731. The van der Waals surface area contributed by atoms with Crippen LogP contribution in [0.2, 0.25) is 0 Å². The van der Waals surface area contributed by atoms with Crippen molar-refractivity contribution in [1.82, 2.24) is 5.32 Å². The second-order valence-corrected chi connectivity index (χ2v) is 5.52. The monoisotopic (exact) mass is 281 g/mol. The van der Waals surface area contributed by atoms with Gasteiger partial charge in [-0.3, -0.25) is 0 Å². The highest BCUT2D eigenvalue weighted by Crippen LogP contribution is 2.19. The van der Waals surface area contributed by atoms with Gasteiger partial charge in [-0.1, -0.05) is 59.8 Å². The van der Waals surface area contributed by atoms with Crippen LogP contribution in [0.25, 0.3) is 0 Å². The van der Waals surface area contributed by atoms with Crippen LogP contribution in [0.1, 0.15) is 44.1 Å². The van der Waals surface area contributed by atoms with Crippen molar-refractivity contribution in [3.05, 3.63) is 34.3 Å². The number of benzene rings is 1. The fourth-order valence-electron chi connectivity index (χ4n) is 2.38. The number of hydrogen-bond donors (Lipinski definition) is 1. The predicted octanol–water partition coefficient (Wildman–Crippen LogP) is 4.26. The lowest BCUT2D eigenvalue weighted by molar-refractivity contribution is 0.459. The Balaban J connectivity index is 1.84. The molecule has 1 fully saturated rings. The number of rotatable bonds is 3. The first-order valence-corrected chi connectivity index (χ1v) is 7.12. The van der Waals surface area contributed by atoms with E-state index in [1.165, 1.54) is 48.6 Å². The summed E-state index contributed by atoms with van der Waals surface area (Å²) in [4.78, 5) is 0. The van der Waals surface area contributed by atoms with Gasteiger partial charge in [0.25, 0.3) is 0 Å². The first-order chi connectivity index (χ1) is 7.86. The van der Waals surface area contributed by atoms with E-state index in [4.69, 9.17) is 0 Å². The molecule has 1 nitrogen and oxygen atoms in total. The molecule has 0 spiro atoms. The molecule has 1 N–H and O–H groups in total. The summed E-state index contributed by atoms with van der Waals surface area (Å²) in [6.07, 6.45) is 8.34. The molecule has 0 bridgehead atoms. The van der Waals surface area contributed by atoms with Gasteiger partial charge >= 0.3 is 0 Å². The molecule has 0 aromatic heterocycles. The quantitative estimate of drug-likeness (QED) is 0.817. The maximum atomic E-state index is 3.69. The van der Waals surface area contributed by atoms with Crippen LogP contribution >= 0.6 is 15.9 Å². The van der Waals surface area contributed by atoms with Gasteiger partial charge < -0.3 is 5.32 Å². The largest absolute Gasteiger partial charge is 0.310 e. The second kappa shape index (κ2) is 6.41. The lowest BCUT2D eigenvalue weighted by Gasteiger charge is -2.16. The molecule has 0 saturated heterocycles. The summed E-state index contributed by atoms with van der Waals surface area (Å²) in [6.45, 7) is 0.992. The minimum Gasteiger partial charge on any atom is -0.310 e. The van der Waals surface area contributed by atoms with E-state index < -0.39 is 0 Å². The van der Waals surface area contributed by atoms with Crippen LogP contribution in [0.4, 0.5) is 0 Å². The Bertz CT molecular complexity index is 316. The van der Waals surface area contributed by atoms with Crippen molar-refractivity contribution in [2.75, 3.05) is 0 Å². The molecule has 0 aliphatic heterocycles. The third kappa shape index (κ3) is 3.60. The highest BCUT2D eigenvalue weighted by molar-refractivity contribution is 9.10. The summed E-state index contributed by atoms with van der Waals surface area (Å²) in [6, 6.07) is 9.21. The van der Waals surface area contributed by atoms with Crippen molar-refractivity contribution in [3.8, 4) is 0 Å². The molecule has 0 unspecified atom stereocenters. The Morgan fingerprint density at radius 3 is 2.44 bits per heavy atom. The summed E-state index contributed by atoms with van der Waals surface area (Å²) >= 11 is 3.60. The molecule has 2 heteroatoms. The van der Waals surface area contributed by atoms with E-state index in [9.17, 15) is 0 Å². The fourth-order valence-corrected chi connectivity index (χ4v) is 2.80. The Morgan fingerprint density at radius 1 is 1.06 bits per heavy atom. The van der Waals surface area contributed by atoms with Crippen molar-refractivity contribution >= 4 is 15.9 Å². The van der Waals surface area contributed by atoms with Crippen LogP contribution in [-0.4, -0.2) is 6.04 Å². The first-order valence-electron chi connectivity index (χ1n) is 6.33. The molecule has 1 aromatic carbocycles. The SMILES string of the molecule is Brc1ccccc1CNC1CCCCCC1. The zero-order chi connectivity index (χ0) is 11.2. The smallest absolute Gasteiger partial charge is 0.0220 e. The van der Waals surface area contributed by atoms with E-state index in [-0.39, 0.29) is 0 Å². The average molecular weight is 282 g/mol. The van der Waals surface area contributed by atoms with Gasteiger partial charge in [-0.05, 0) is 24.5 Å². The van der Waals surface area contributed by atoms with Crippen LogP contribution in [0.15, 0.2) is 28.7 Å². The normalized spacial score (nSPS) is 18.3. The van der Waals surface area contributed by atoms with Gasteiger partial charge in [0.2, 0.25) is 0 Å². The highest BCUT2D eigenvalue weighted by Gasteiger charge is 2.11. The molecule has 88 valence electrons. The summed E-state index contributed by atoms with van der Waals surface area (Å²) < 4.78 is 1.22. The first kappa shape index (κ1) is 12.1. The minimum atomic E-state index is 0.731. The Labute approximate surface area is 107 Å². The third-order valence-electron chi connectivity index (χ3n) is 3.39. The van der Waals surface area contributed by atoms with Gasteiger partial charge in [0.05, 0.1) is 0 Å². The average Bonchev–Trinajstić information content (AvgIpc) is 2.56. The topological polar surface area (TPSA) is 12.0 Å². The number of hydrogen-bond acceptors (Lipinski definition) is 1. The van der Waals surface area contributed by atoms with Crippen LogP contribution in [0, 0.1) is 0 Å². The molecule has 0 heterocycles. The maximum Gasteiger partial charge on any atom is 0.0220 e. The summed E-state index contributed by atoms with van der Waals surface area (Å²) in [5.41, 5.74) is 1.37. The Hall–Kier alpha value is -0.340. The lowest BCUT2D eigenvalue weighted by Crippen LogP contribution is -2.27. The van der Waals surface area contributed by atoms with E-state index in [1.807, 2.05) is 0 Å². The van der Waals surface area contributed by atoms with Gasteiger partial charge in [0.15, 0.2) is 0 Å². The van der Waals surface area contributed by atoms with Gasteiger partial charge in [0, 0.05) is 17.1 Å². The molecule has 2 rings (SSSR count). The van der Waals surface area contributed by atoms with Crippen molar-refractivity contribution in [1.29, 1.82) is 0 Å². The number of nitrogens with one attached hydrogen (secondary N) is 1. The van der Waals surface area contributed by atoms with E-state index in [0.29, 0.717) is 0 Å². The second-order valence-electron chi connectivity index (χ2n) is 4.66. The molecule has 16 heavy (non-hydrogen) atoms. The molecule has 1 aromatic rings. The fraction of sp³-hybridized carbons (Fsp3) is 0.571. The molecular formula is C14H20BrN. The maximum absolute atomic E-state index is 3.69. The van der Waals surface area contributed by atoms with Crippen molar-refractivity contribution < 1.29 is 0 Å². The van der Waals surface area contributed by atoms with E-state index >= 15 is 0 Å². The molecule has 0 radical (unpaired) electrons. The Morgan fingerprint density at radius 2 is 1.75 bits per heavy atom. The molecule has 1 aliphatic carbocycles. The molecular weight excluding hydrogens is 262 g/mol. The van der Waals surface area contributed by atoms with Crippen LogP contribution < -0.4 is 5.32 Å². The van der Waals surface area contributed by atoms with Crippen molar-refractivity contribution in [2.45, 2.75) is 51.1 Å². The third-order valence-corrected chi connectivity index (χ3v) is 4.17. The van der Waals surface area contributed by atoms with E-state index in [2.05, 4.69) is 45.5 Å². The zero-order valence-electron chi connectivity index (χ0n) is 9.71. The van der Waals surface area contributed by atoms with Crippen LogP contribution in [-0.2, 0) is 6.54 Å². The zero-order valence-corrected chi connectivity index (χ0v) is 11.3. The van der Waals surface area contributed by atoms with E-state index in [1.54, 1.807) is 0 Å².